The largest absolute Gasteiger partial charge is 0.385 e. The van der Waals surface area contributed by atoms with Crippen molar-refractivity contribution in [1.29, 1.82) is 0 Å². The van der Waals surface area contributed by atoms with E-state index >= 15 is 0 Å². The molecular formula is C13H21NOS. The zero-order chi connectivity index (χ0) is 11.3. The lowest BCUT2D eigenvalue weighted by molar-refractivity contribution is 0.171. The van der Waals surface area contributed by atoms with Gasteiger partial charge >= 0.3 is 0 Å². The first kappa shape index (κ1) is 12.1. The van der Waals surface area contributed by atoms with E-state index in [2.05, 4.69) is 22.1 Å². The number of thiophene rings is 1. The molecule has 0 aliphatic heterocycles. The highest BCUT2D eigenvalue weighted by Crippen LogP contribution is 2.48. The maximum Gasteiger partial charge on any atom is 0.0468 e. The second-order valence-corrected chi connectivity index (χ2v) is 5.58. The molecule has 0 spiro atoms. The van der Waals surface area contributed by atoms with Crippen LogP contribution in [0.4, 0.5) is 0 Å². The standard InChI is InChI=1S/C13H21NOS/c1-15-8-6-13(4-5-13)11-14-7-2-12-3-9-16-10-12/h3,9-10,14H,2,4-8,11H2,1H3. The Balaban J connectivity index is 1.57. The van der Waals surface area contributed by atoms with Crippen molar-refractivity contribution >= 4 is 11.3 Å². The fourth-order valence-electron chi connectivity index (χ4n) is 2.03. The predicted octanol–water partition coefficient (Wildman–Crippen LogP) is 2.70. The maximum absolute atomic E-state index is 5.16. The minimum absolute atomic E-state index is 0.574. The predicted molar refractivity (Wildman–Crippen MR) is 69.1 cm³/mol. The highest BCUT2D eigenvalue weighted by Gasteiger charge is 2.41. The van der Waals surface area contributed by atoms with E-state index in [9.17, 15) is 0 Å². The van der Waals surface area contributed by atoms with E-state index < -0.39 is 0 Å². The summed E-state index contributed by atoms with van der Waals surface area (Å²) in [7, 11) is 1.79. The molecule has 2 rings (SSSR count). The summed E-state index contributed by atoms with van der Waals surface area (Å²) in [5.74, 6) is 0. The zero-order valence-corrected chi connectivity index (χ0v) is 10.8. The lowest BCUT2D eigenvalue weighted by Gasteiger charge is -2.15. The molecule has 1 aromatic heterocycles. The van der Waals surface area contributed by atoms with E-state index in [0.29, 0.717) is 5.41 Å². The third-order valence-corrected chi connectivity index (χ3v) is 4.20. The number of ether oxygens (including phenoxy) is 1. The SMILES string of the molecule is COCCC1(CNCCc2ccsc2)CC1. The first-order valence-corrected chi connectivity index (χ1v) is 7.00. The Morgan fingerprint density at radius 3 is 3.00 bits per heavy atom. The smallest absolute Gasteiger partial charge is 0.0468 e. The third kappa shape index (κ3) is 3.58. The van der Waals surface area contributed by atoms with Gasteiger partial charge < -0.3 is 10.1 Å². The van der Waals surface area contributed by atoms with E-state index in [1.807, 2.05) is 0 Å². The molecule has 3 heteroatoms. The molecule has 0 saturated heterocycles. The molecule has 1 fully saturated rings. The zero-order valence-electron chi connectivity index (χ0n) is 10.00. The normalized spacial score (nSPS) is 17.6. The Morgan fingerprint density at radius 2 is 2.38 bits per heavy atom. The topological polar surface area (TPSA) is 21.3 Å². The van der Waals surface area contributed by atoms with Gasteiger partial charge in [0.1, 0.15) is 0 Å². The highest BCUT2D eigenvalue weighted by molar-refractivity contribution is 7.07. The summed E-state index contributed by atoms with van der Waals surface area (Å²) < 4.78 is 5.16. The van der Waals surface area contributed by atoms with Crippen LogP contribution in [0.2, 0.25) is 0 Å². The van der Waals surface area contributed by atoms with Crippen molar-refractivity contribution in [3.05, 3.63) is 22.4 Å². The van der Waals surface area contributed by atoms with Crippen molar-refractivity contribution in [2.75, 3.05) is 26.8 Å². The van der Waals surface area contributed by atoms with Crippen LogP contribution in [0.3, 0.4) is 0 Å². The van der Waals surface area contributed by atoms with Gasteiger partial charge in [-0.2, -0.15) is 11.3 Å². The van der Waals surface area contributed by atoms with Gasteiger partial charge in [-0.25, -0.2) is 0 Å². The molecule has 0 radical (unpaired) electrons. The molecule has 1 aliphatic rings. The summed E-state index contributed by atoms with van der Waals surface area (Å²) in [4.78, 5) is 0. The molecule has 2 nitrogen and oxygen atoms in total. The third-order valence-electron chi connectivity index (χ3n) is 3.46. The Labute approximate surface area is 102 Å². The summed E-state index contributed by atoms with van der Waals surface area (Å²) in [6.45, 7) is 3.18. The molecule has 90 valence electrons. The van der Waals surface area contributed by atoms with Crippen LogP contribution in [0.25, 0.3) is 0 Å². The van der Waals surface area contributed by atoms with Gasteiger partial charge in [0.2, 0.25) is 0 Å². The van der Waals surface area contributed by atoms with Crippen molar-refractivity contribution in [3.8, 4) is 0 Å². The Hall–Kier alpha value is -0.380. The number of hydrogen-bond donors (Lipinski definition) is 1. The molecule has 1 N–H and O–H groups in total. The van der Waals surface area contributed by atoms with Crippen molar-refractivity contribution < 1.29 is 4.74 Å². The van der Waals surface area contributed by atoms with Gasteiger partial charge in [-0.3, -0.25) is 0 Å². The fourth-order valence-corrected chi connectivity index (χ4v) is 2.73. The lowest BCUT2D eigenvalue weighted by atomic mass is 10.0. The summed E-state index contributed by atoms with van der Waals surface area (Å²) in [5, 5.41) is 7.97. The molecule has 0 aromatic carbocycles. The molecule has 1 aliphatic carbocycles. The quantitative estimate of drug-likeness (QED) is 0.704. The second-order valence-electron chi connectivity index (χ2n) is 4.80. The second kappa shape index (κ2) is 5.80. The summed E-state index contributed by atoms with van der Waals surface area (Å²) in [5.41, 5.74) is 2.03. The average Bonchev–Trinajstić information content (AvgIpc) is 2.87. The van der Waals surface area contributed by atoms with Crippen molar-refractivity contribution in [2.45, 2.75) is 25.7 Å². The summed E-state index contributed by atoms with van der Waals surface area (Å²) >= 11 is 1.78. The highest BCUT2D eigenvalue weighted by atomic mass is 32.1. The van der Waals surface area contributed by atoms with Crippen LogP contribution in [0.15, 0.2) is 16.8 Å². The molecule has 0 amide bonds. The van der Waals surface area contributed by atoms with Crippen LogP contribution < -0.4 is 5.32 Å². The minimum atomic E-state index is 0.574. The molecule has 1 aromatic rings. The minimum Gasteiger partial charge on any atom is -0.385 e. The Bertz CT molecular complexity index is 293. The number of hydrogen-bond acceptors (Lipinski definition) is 3. The number of methoxy groups -OCH3 is 1. The van der Waals surface area contributed by atoms with Gasteiger partial charge in [0.25, 0.3) is 0 Å². The number of rotatable bonds is 8. The van der Waals surface area contributed by atoms with Gasteiger partial charge in [0, 0.05) is 20.3 Å². The molecular weight excluding hydrogens is 218 g/mol. The van der Waals surface area contributed by atoms with Gasteiger partial charge in [-0.15, -0.1) is 0 Å². The van der Waals surface area contributed by atoms with Crippen LogP contribution in [0, 0.1) is 5.41 Å². The maximum atomic E-state index is 5.16. The van der Waals surface area contributed by atoms with Crippen molar-refractivity contribution in [2.24, 2.45) is 5.41 Å². The Kier molecular flexibility index (Phi) is 4.38. The fraction of sp³-hybridized carbons (Fsp3) is 0.692. The molecule has 16 heavy (non-hydrogen) atoms. The number of nitrogens with one attached hydrogen (secondary N) is 1. The van der Waals surface area contributed by atoms with Crippen LogP contribution >= 0.6 is 11.3 Å². The summed E-state index contributed by atoms with van der Waals surface area (Å²) in [6, 6.07) is 2.21. The van der Waals surface area contributed by atoms with Crippen LogP contribution in [0.1, 0.15) is 24.8 Å². The van der Waals surface area contributed by atoms with Crippen molar-refractivity contribution in [3.63, 3.8) is 0 Å². The van der Waals surface area contributed by atoms with Gasteiger partial charge in [-0.05, 0) is 60.0 Å². The van der Waals surface area contributed by atoms with Crippen molar-refractivity contribution in [1.82, 2.24) is 5.32 Å². The van der Waals surface area contributed by atoms with E-state index in [0.717, 1.165) is 19.6 Å². The first-order valence-electron chi connectivity index (χ1n) is 6.05. The lowest BCUT2D eigenvalue weighted by Crippen LogP contribution is -2.26. The molecule has 0 atom stereocenters. The van der Waals surface area contributed by atoms with E-state index in [1.165, 1.54) is 31.4 Å². The monoisotopic (exact) mass is 239 g/mol. The Morgan fingerprint density at radius 1 is 1.50 bits per heavy atom. The van der Waals surface area contributed by atoms with Crippen LogP contribution in [-0.2, 0) is 11.2 Å². The van der Waals surface area contributed by atoms with Crippen LogP contribution in [-0.4, -0.2) is 26.8 Å². The van der Waals surface area contributed by atoms with E-state index in [1.54, 1.807) is 18.4 Å². The molecule has 0 bridgehead atoms. The average molecular weight is 239 g/mol. The van der Waals surface area contributed by atoms with E-state index in [4.69, 9.17) is 4.74 Å². The van der Waals surface area contributed by atoms with Gasteiger partial charge in [0.05, 0.1) is 0 Å². The van der Waals surface area contributed by atoms with Gasteiger partial charge in [0.15, 0.2) is 0 Å². The van der Waals surface area contributed by atoms with Crippen LogP contribution in [0.5, 0.6) is 0 Å². The van der Waals surface area contributed by atoms with Gasteiger partial charge in [-0.1, -0.05) is 0 Å². The molecule has 0 unspecified atom stereocenters. The molecule has 1 saturated carbocycles. The molecule has 1 heterocycles. The van der Waals surface area contributed by atoms with E-state index in [-0.39, 0.29) is 0 Å². The summed E-state index contributed by atoms with van der Waals surface area (Å²) in [6.07, 6.45) is 5.13. The first-order chi connectivity index (χ1) is 7.85.